The average molecular weight is 328 g/mol. The number of carbonyl (C=O) groups is 1. The van der Waals surface area contributed by atoms with Crippen LogP contribution < -0.4 is 4.72 Å². The predicted octanol–water partition coefficient (Wildman–Crippen LogP) is 1.84. The van der Waals surface area contributed by atoms with Gasteiger partial charge < -0.3 is 5.11 Å². The van der Waals surface area contributed by atoms with Crippen molar-refractivity contribution >= 4 is 16.2 Å². The van der Waals surface area contributed by atoms with Crippen molar-refractivity contribution in [3.63, 3.8) is 0 Å². The minimum atomic E-state index is -3.87. The molecule has 0 radical (unpaired) electrons. The van der Waals surface area contributed by atoms with Crippen molar-refractivity contribution in [3.05, 3.63) is 35.9 Å². The summed E-state index contributed by atoms with van der Waals surface area (Å²) in [7, 11) is -3.87. The van der Waals surface area contributed by atoms with Gasteiger partial charge >= 0.3 is 5.97 Å². The van der Waals surface area contributed by atoms with E-state index in [1.165, 1.54) is 4.31 Å². The van der Waals surface area contributed by atoms with E-state index in [2.05, 4.69) is 4.72 Å². The summed E-state index contributed by atoms with van der Waals surface area (Å²) in [5.41, 5.74) is 0.852. The molecule has 1 rings (SSSR count). The second-order valence-electron chi connectivity index (χ2n) is 5.24. The summed E-state index contributed by atoms with van der Waals surface area (Å²) in [6.45, 7) is 5.74. The van der Waals surface area contributed by atoms with Gasteiger partial charge in [-0.25, -0.2) is 0 Å². The monoisotopic (exact) mass is 328 g/mol. The molecule has 0 amide bonds. The van der Waals surface area contributed by atoms with E-state index in [9.17, 15) is 18.3 Å². The van der Waals surface area contributed by atoms with Crippen LogP contribution in [-0.4, -0.2) is 36.4 Å². The van der Waals surface area contributed by atoms with E-state index >= 15 is 0 Å². The van der Waals surface area contributed by atoms with Crippen LogP contribution in [0.1, 0.15) is 32.8 Å². The SMILES string of the molecule is CC[C@H](C)[C@H](NS(=O)(=O)N(CC)Cc1ccccc1)C(=O)O. The molecule has 0 bridgehead atoms. The van der Waals surface area contributed by atoms with E-state index in [0.29, 0.717) is 6.42 Å². The second kappa shape index (κ2) is 8.26. The smallest absolute Gasteiger partial charge is 0.322 e. The highest BCUT2D eigenvalue weighted by molar-refractivity contribution is 7.87. The number of nitrogens with one attached hydrogen (secondary N) is 1. The van der Waals surface area contributed by atoms with Gasteiger partial charge in [0.15, 0.2) is 0 Å². The fourth-order valence-electron chi connectivity index (χ4n) is 2.03. The average Bonchev–Trinajstić information content (AvgIpc) is 2.50. The first-order valence-corrected chi connectivity index (χ1v) is 8.80. The zero-order valence-electron chi connectivity index (χ0n) is 13.2. The Balaban J connectivity index is 2.91. The van der Waals surface area contributed by atoms with Crippen molar-refractivity contribution in [3.8, 4) is 0 Å². The lowest BCUT2D eigenvalue weighted by atomic mass is 10.0. The maximum absolute atomic E-state index is 12.5. The van der Waals surface area contributed by atoms with Crippen molar-refractivity contribution in [1.29, 1.82) is 0 Å². The van der Waals surface area contributed by atoms with E-state index in [1.807, 2.05) is 37.3 Å². The van der Waals surface area contributed by atoms with E-state index < -0.39 is 22.2 Å². The lowest BCUT2D eigenvalue weighted by molar-refractivity contribution is -0.140. The zero-order chi connectivity index (χ0) is 16.8. The van der Waals surface area contributed by atoms with Gasteiger partial charge in [0.1, 0.15) is 6.04 Å². The maximum Gasteiger partial charge on any atom is 0.322 e. The molecule has 0 saturated heterocycles. The topological polar surface area (TPSA) is 86.7 Å². The van der Waals surface area contributed by atoms with Crippen LogP contribution in [0.3, 0.4) is 0 Å². The molecule has 0 saturated carbocycles. The van der Waals surface area contributed by atoms with Crippen LogP contribution >= 0.6 is 0 Å². The minimum Gasteiger partial charge on any atom is -0.480 e. The van der Waals surface area contributed by atoms with Gasteiger partial charge in [-0.1, -0.05) is 57.5 Å². The Morgan fingerprint density at radius 1 is 1.27 bits per heavy atom. The number of aliphatic carboxylic acids is 1. The van der Waals surface area contributed by atoms with Crippen molar-refractivity contribution in [2.45, 2.75) is 39.8 Å². The van der Waals surface area contributed by atoms with Gasteiger partial charge in [0.05, 0.1) is 0 Å². The molecule has 1 aromatic carbocycles. The molecule has 6 nitrogen and oxygen atoms in total. The van der Waals surface area contributed by atoms with Gasteiger partial charge in [-0.15, -0.1) is 0 Å². The quantitative estimate of drug-likeness (QED) is 0.724. The largest absolute Gasteiger partial charge is 0.480 e. The number of carboxylic acid groups (broad SMARTS) is 1. The van der Waals surface area contributed by atoms with Crippen LogP contribution in [0.15, 0.2) is 30.3 Å². The van der Waals surface area contributed by atoms with Gasteiger partial charge in [0, 0.05) is 13.1 Å². The molecule has 0 aromatic heterocycles. The summed E-state index contributed by atoms with van der Waals surface area (Å²) in [5, 5.41) is 9.24. The zero-order valence-corrected chi connectivity index (χ0v) is 14.0. The maximum atomic E-state index is 12.5. The number of hydrogen-bond donors (Lipinski definition) is 2. The third-order valence-corrected chi connectivity index (χ3v) is 5.27. The molecule has 22 heavy (non-hydrogen) atoms. The van der Waals surface area contributed by atoms with Gasteiger partial charge in [-0.3, -0.25) is 4.79 Å². The highest BCUT2D eigenvalue weighted by Gasteiger charge is 2.31. The van der Waals surface area contributed by atoms with Gasteiger partial charge in [-0.2, -0.15) is 17.4 Å². The van der Waals surface area contributed by atoms with Crippen molar-refractivity contribution < 1.29 is 18.3 Å². The van der Waals surface area contributed by atoms with Gasteiger partial charge in [0.2, 0.25) is 0 Å². The van der Waals surface area contributed by atoms with E-state index in [1.54, 1.807) is 13.8 Å². The van der Waals surface area contributed by atoms with Crippen LogP contribution in [0.25, 0.3) is 0 Å². The molecule has 0 aliphatic carbocycles. The summed E-state index contributed by atoms with van der Waals surface area (Å²) in [5.74, 6) is -1.45. The molecule has 0 fully saturated rings. The van der Waals surface area contributed by atoms with Crippen molar-refractivity contribution in [2.24, 2.45) is 5.92 Å². The number of nitrogens with zero attached hydrogens (tertiary/aromatic N) is 1. The number of carboxylic acids is 1. The molecule has 0 unspecified atom stereocenters. The highest BCUT2D eigenvalue weighted by atomic mass is 32.2. The molecule has 0 heterocycles. The molecule has 0 spiro atoms. The first kappa shape index (κ1) is 18.6. The first-order valence-electron chi connectivity index (χ1n) is 7.35. The molecular formula is C15H24N2O4S. The van der Waals surface area contributed by atoms with E-state index in [4.69, 9.17) is 0 Å². The molecular weight excluding hydrogens is 304 g/mol. The Kier molecular flexibility index (Phi) is 6.99. The van der Waals surface area contributed by atoms with Crippen LogP contribution in [0, 0.1) is 5.92 Å². The molecule has 7 heteroatoms. The van der Waals surface area contributed by atoms with Gasteiger partial charge in [0.25, 0.3) is 10.2 Å². The third kappa shape index (κ3) is 5.08. The van der Waals surface area contributed by atoms with Crippen molar-refractivity contribution in [1.82, 2.24) is 9.03 Å². The van der Waals surface area contributed by atoms with E-state index in [-0.39, 0.29) is 19.0 Å². The minimum absolute atomic E-state index is 0.208. The van der Waals surface area contributed by atoms with Gasteiger partial charge in [-0.05, 0) is 11.5 Å². The standard InChI is InChI=1S/C15H24N2O4S/c1-4-12(3)14(15(18)19)16-22(20,21)17(5-2)11-13-9-7-6-8-10-13/h6-10,12,14,16H,4-5,11H2,1-3H3,(H,18,19)/t12-,14-/m0/s1. The Bertz CT molecular complexity index is 574. The molecule has 2 atom stereocenters. The Hall–Kier alpha value is -1.44. The van der Waals surface area contributed by atoms with Crippen LogP contribution in [-0.2, 0) is 21.5 Å². The Morgan fingerprint density at radius 2 is 1.86 bits per heavy atom. The lowest BCUT2D eigenvalue weighted by Crippen LogP contribution is -2.50. The summed E-state index contributed by atoms with van der Waals surface area (Å²) in [6, 6.07) is 8.07. The van der Waals surface area contributed by atoms with Crippen molar-refractivity contribution in [2.75, 3.05) is 6.54 Å². The number of hydrogen-bond acceptors (Lipinski definition) is 3. The predicted molar refractivity (Wildman–Crippen MR) is 85.5 cm³/mol. The summed E-state index contributed by atoms with van der Waals surface area (Å²) in [6.07, 6.45) is 0.574. The lowest BCUT2D eigenvalue weighted by Gasteiger charge is -2.26. The Morgan fingerprint density at radius 3 is 2.32 bits per heavy atom. The van der Waals surface area contributed by atoms with E-state index in [0.717, 1.165) is 5.56 Å². The highest BCUT2D eigenvalue weighted by Crippen LogP contribution is 2.13. The summed E-state index contributed by atoms with van der Waals surface area (Å²) < 4.78 is 28.5. The number of benzene rings is 1. The molecule has 0 aliphatic rings. The second-order valence-corrected chi connectivity index (χ2v) is 6.94. The Labute approximate surface area is 132 Å². The molecule has 1 aromatic rings. The van der Waals surface area contributed by atoms with Crippen LogP contribution in [0.2, 0.25) is 0 Å². The molecule has 0 aliphatic heterocycles. The fourth-order valence-corrected chi connectivity index (χ4v) is 3.50. The number of rotatable bonds is 9. The molecule has 124 valence electrons. The molecule has 2 N–H and O–H groups in total. The first-order chi connectivity index (χ1) is 10.3. The normalized spacial score (nSPS) is 14.7. The third-order valence-electron chi connectivity index (χ3n) is 3.65. The summed E-state index contributed by atoms with van der Waals surface area (Å²) in [4.78, 5) is 11.3. The summed E-state index contributed by atoms with van der Waals surface area (Å²) >= 11 is 0. The fraction of sp³-hybridized carbons (Fsp3) is 0.533. The van der Waals surface area contributed by atoms with Crippen LogP contribution in [0.4, 0.5) is 0 Å². The van der Waals surface area contributed by atoms with Crippen LogP contribution in [0.5, 0.6) is 0 Å².